The number of likely N-dealkylation sites (N-methyl/N-ethyl adjacent to an activating group) is 1. The minimum absolute atomic E-state index is 0.0122. The summed E-state index contributed by atoms with van der Waals surface area (Å²) in [5, 5.41) is 5.07. The molecule has 1 N–H and O–H groups in total. The molecule has 0 saturated carbocycles. The van der Waals surface area contributed by atoms with Crippen molar-refractivity contribution >= 4 is 28.6 Å². The van der Waals surface area contributed by atoms with E-state index < -0.39 is 0 Å². The van der Waals surface area contributed by atoms with E-state index in [9.17, 15) is 4.79 Å². The number of benzene rings is 1. The van der Waals surface area contributed by atoms with Crippen LogP contribution in [0.15, 0.2) is 41.8 Å². The highest BCUT2D eigenvalue weighted by Crippen LogP contribution is 2.19. The van der Waals surface area contributed by atoms with Crippen molar-refractivity contribution in [1.82, 2.24) is 4.90 Å². The maximum absolute atomic E-state index is 12.5. The molecule has 3 rings (SSSR count). The number of rotatable bonds is 6. The second-order valence-electron chi connectivity index (χ2n) is 6.31. The summed E-state index contributed by atoms with van der Waals surface area (Å²) < 4.78 is 5.38. The Hall–Kier alpha value is -1.89. The number of anilines is 2. The van der Waals surface area contributed by atoms with E-state index in [1.54, 1.807) is 11.3 Å². The molecule has 0 bridgehead atoms. The molecule has 0 spiro atoms. The zero-order valence-electron chi connectivity index (χ0n) is 14.8. The average Bonchev–Trinajstić information content (AvgIpc) is 3.15. The summed E-state index contributed by atoms with van der Waals surface area (Å²) in [5.74, 6) is 0.0122. The molecule has 1 fully saturated rings. The lowest BCUT2D eigenvalue weighted by Gasteiger charge is -2.29. The summed E-state index contributed by atoms with van der Waals surface area (Å²) in [6, 6.07) is 12.0. The Morgan fingerprint density at radius 3 is 2.64 bits per heavy atom. The molecule has 1 aliphatic rings. The summed E-state index contributed by atoms with van der Waals surface area (Å²) in [6.07, 6.45) is 0. The standard InChI is InChI=1S/C19H25N3O2S/c1-15(21(2)14-18-4-3-13-25-18)19(23)20-16-5-7-17(8-6-16)22-9-11-24-12-10-22/h3-8,13,15H,9-12,14H2,1-2H3,(H,20,23)/t15-/m0/s1. The fourth-order valence-electron chi connectivity index (χ4n) is 2.81. The lowest BCUT2D eigenvalue weighted by molar-refractivity contribution is -0.120. The number of thiophene rings is 1. The first-order valence-electron chi connectivity index (χ1n) is 8.60. The summed E-state index contributed by atoms with van der Waals surface area (Å²) in [7, 11) is 1.98. The Labute approximate surface area is 153 Å². The van der Waals surface area contributed by atoms with Crippen molar-refractivity contribution in [3.8, 4) is 0 Å². The summed E-state index contributed by atoms with van der Waals surface area (Å²) in [6.45, 7) is 6.08. The van der Waals surface area contributed by atoms with Gasteiger partial charge in [0.25, 0.3) is 0 Å². The van der Waals surface area contributed by atoms with Crippen LogP contribution in [0.1, 0.15) is 11.8 Å². The Balaban J connectivity index is 1.54. The first-order valence-corrected chi connectivity index (χ1v) is 9.47. The van der Waals surface area contributed by atoms with Crippen LogP contribution in [0.3, 0.4) is 0 Å². The van der Waals surface area contributed by atoms with Crippen molar-refractivity contribution < 1.29 is 9.53 Å². The third-order valence-electron chi connectivity index (χ3n) is 4.54. The van der Waals surface area contributed by atoms with Gasteiger partial charge in [0.2, 0.25) is 5.91 Å². The molecule has 1 amide bonds. The van der Waals surface area contributed by atoms with Gasteiger partial charge in [0, 0.05) is 35.9 Å². The van der Waals surface area contributed by atoms with Gasteiger partial charge in [0.05, 0.1) is 19.3 Å². The number of nitrogens with zero attached hydrogens (tertiary/aromatic N) is 2. The molecule has 2 aromatic rings. The highest BCUT2D eigenvalue weighted by Gasteiger charge is 2.19. The molecule has 1 saturated heterocycles. The predicted molar refractivity (Wildman–Crippen MR) is 103 cm³/mol. The number of carbonyl (C=O) groups is 1. The van der Waals surface area contributed by atoms with Crippen LogP contribution in [-0.4, -0.2) is 50.2 Å². The van der Waals surface area contributed by atoms with Gasteiger partial charge in [0.1, 0.15) is 0 Å². The number of amides is 1. The minimum atomic E-state index is -0.194. The van der Waals surface area contributed by atoms with Gasteiger partial charge < -0.3 is 15.0 Å². The van der Waals surface area contributed by atoms with Crippen LogP contribution in [0, 0.1) is 0 Å². The summed E-state index contributed by atoms with van der Waals surface area (Å²) in [5.41, 5.74) is 2.00. The van der Waals surface area contributed by atoms with Crippen molar-refractivity contribution in [3.05, 3.63) is 46.7 Å². The smallest absolute Gasteiger partial charge is 0.241 e. The Morgan fingerprint density at radius 1 is 1.28 bits per heavy atom. The van der Waals surface area contributed by atoms with Crippen LogP contribution in [0.2, 0.25) is 0 Å². The van der Waals surface area contributed by atoms with E-state index in [4.69, 9.17) is 4.74 Å². The third-order valence-corrected chi connectivity index (χ3v) is 5.40. The van der Waals surface area contributed by atoms with E-state index in [0.717, 1.165) is 38.5 Å². The van der Waals surface area contributed by atoms with Crippen molar-refractivity contribution in [3.63, 3.8) is 0 Å². The summed E-state index contributed by atoms with van der Waals surface area (Å²) >= 11 is 1.71. The molecular formula is C19H25N3O2S. The van der Waals surface area contributed by atoms with Gasteiger partial charge in [-0.1, -0.05) is 6.07 Å². The second-order valence-corrected chi connectivity index (χ2v) is 7.34. The average molecular weight is 359 g/mol. The van der Waals surface area contributed by atoms with E-state index >= 15 is 0 Å². The molecule has 1 atom stereocenters. The van der Waals surface area contributed by atoms with Crippen LogP contribution in [0.5, 0.6) is 0 Å². The molecule has 6 heteroatoms. The molecule has 1 aliphatic heterocycles. The van der Waals surface area contributed by atoms with Gasteiger partial charge >= 0.3 is 0 Å². The molecule has 0 radical (unpaired) electrons. The number of hydrogen-bond donors (Lipinski definition) is 1. The maximum atomic E-state index is 12.5. The van der Waals surface area contributed by atoms with Gasteiger partial charge in [-0.2, -0.15) is 0 Å². The SMILES string of the molecule is C[C@@H](C(=O)Nc1ccc(N2CCOCC2)cc1)N(C)Cc1cccs1. The fourth-order valence-corrected chi connectivity index (χ4v) is 3.58. The van der Waals surface area contributed by atoms with Gasteiger partial charge in [-0.3, -0.25) is 9.69 Å². The van der Waals surface area contributed by atoms with Crippen molar-refractivity contribution in [2.24, 2.45) is 0 Å². The molecule has 1 aromatic carbocycles. The van der Waals surface area contributed by atoms with E-state index in [2.05, 4.69) is 38.7 Å². The molecule has 0 unspecified atom stereocenters. The van der Waals surface area contributed by atoms with Crippen molar-refractivity contribution in [2.75, 3.05) is 43.6 Å². The molecule has 1 aromatic heterocycles. The lowest BCUT2D eigenvalue weighted by Crippen LogP contribution is -2.39. The number of carbonyl (C=O) groups excluding carboxylic acids is 1. The largest absolute Gasteiger partial charge is 0.378 e. The first-order chi connectivity index (χ1) is 12.1. The molecule has 0 aliphatic carbocycles. The lowest BCUT2D eigenvalue weighted by atomic mass is 10.2. The molecule has 134 valence electrons. The third kappa shape index (κ3) is 4.81. The van der Waals surface area contributed by atoms with Gasteiger partial charge in [-0.15, -0.1) is 11.3 Å². The van der Waals surface area contributed by atoms with Crippen molar-refractivity contribution in [1.29, 1.82) is 0 Å². The van der Waals surface area contributed by atoms with E-state index in [1.807, 2.05) is 32.2 Å². The molecule has 2 heterocycles. The quantitative estimate of drug-likeness (QED) is 0.861. The van der Waals surface area contributed by atoms with Crippen LogP contribution in [0.4, 0.5) is 11.4 Å². The maximum Gasteiger partial charge on any atom is 0.241 e. The zero-order chi connectivity index (χ0) is 17.6. The van der Waals surface area contributed by atoms with E-state index in [0.29, 0.717) is 0 Å². The van der Waals surface area contributed by atoms with Crippen LogP contribution < -0.4 is 10.2 Å². The van der Waals surface area contributed by atoms with Gasteiger partial charge in [0.15, 0.2) is 0 Å². The predicted octanol–water partition coefficient (Wildman–Crippen LogP) is 3.04. The van der Waals surface area contributed by atoms with Crippen LogP contribution in [-0.2, 0) is 16.1 Å². The number of hydrogen-bond acceptors (Lipinski definition) is 5. The topological polar surface area (TPSA) is 44.8 Å². The summed E-state index contributed by atoms with van der Waals surface area (Å²) in [4.78, 5) is 18.1. The molecule has 5 nitrogen and oxygen atoms in total. The number of nitrogens with one attached hydrogen (secondary N) is 1. The van der Waals surface area contributed by atoms with E-state index in [1.165, 1.54) is 10.6 Å². The highest BCUT2D eigenvalue weighted by atomic mass is 32.1. The molecule has 25 heavy (non-hydrogen) atoms. The zero-order valence-corrected chi connectivity index (χ0v) is 15.6. The monoisotopic (exact) mass is 359 g/mol. The van der Waals surface area contributed by atoms with Crippen molar-refractivity contribution in [2.45, 2.75) is 19.5 Å². The number of morpholine rings is 1. The van der Waals surface area contributed by atoms with Gasteiger partial charge in [-0.25, -0.2) is 0 Å². The Bertz CT molecular complexity index is 666. The molecular weight excluding hydrogens is 334 g/mol. The Morgan fingerprint density at radius 2 is 2.00 bits per heavy atom. The highest BCUT2D eigenvalue weighted by molar-refractivity contribution is 7.09. The van der Waals surface area contributed by atoms with Crippen LogP contribution in [0.25, 0.3) is 0 Å². The second kappa shape index (κ2) is 8.47. The Kier molecular flexibility index (Phi) is 6.07. The van der Waals surface area contributed by atoms with Gasteiger partial charge in [-0.05, 0) is 49.7 Å². The number of ether oxygens (including phenoxy) is 1. The van der Waals surface area contributed by atoms with E-state index in [-0.39, 0.29) is 11.9 Å². The minimum Gasteiger partial charge on any atom is -0.378 e. The van der Waals surface area contributed by atoms with Crippen LogP contribution >= 0.6 is 11.3 Å². The normalized spacial score (nSPS) is 16.0. The first kappa shape index (κ1) is 17.9. The fraction of sp³-hybridized carbons (Fsp3) is 0.421.